The maximum atomic E-state index is 5.59. The molecule has 0 saturated heterocycles. The number of nitrogens with two attached hydrogens (primary N) is 1. The van der Waals surface area contributed by atoms with Crippen LogP contribution in [0, 0.1) is 6.92 Å². The molecule has 0 spiro atoms. The Morgan fingerprint density at radius 3 is 3.00 bits per heavy atom. The van der Waals surface area contributed by atoms with E-state index in [1.165, 1.54) is 16.7 Å². The van der Waals surface area contributed by atoms with Crippen LogP contribution in [0.5, 0.6) is 11.5 Å². The molecule has 0 aliphatic carbocycles. The molecule has 0 radical (unpaired) electrons. The van der Waals surface area contributed by atoms with E-state index >= 15 is 0 Å². The van der Waals surface area contributed by atoms with Crippen molar-refractivity contribution in [2.75, 3.05) is 20.3 Å². The van der Waals surface area contributed by atoms with Crippen LogP contribution in [0.2, 0.25) is 0 Å². The van der Waals surface area contributed by atoms with Gasteiger partial charge in [-0.05, 0) is 37.1 Å². The lowest BCUT2D eigenvalue weighted by Crippen LogP contribution is -2.06. The highest BCUT2D eigenvalue weighted by atomic mass is 16.5. The average Bonchev–Trinajstić information content (AvgIpc) is 2.68. The normalized spacial score (nSPS) is 13.5. The number of methoxy groups -OCH3 is 1. The Morgan fingerprint density at radius 1 is 1.53 bits per heavy atom. The van der Waals surface area contributed by atoms with Gasteiger partial charge in [0.05, 0.1) is 13.7 Å². The van der Waals surface area contributed by atoms with Crippen LogP contribution in [0.15, 0.2) is 6.07 Å². The molecular formula is C12H17NO2. The molecule has 82 valence electrons. The monoisotopic (exact) mass is 207 g/mol. The lowest BCUT2D eigenvalue weighted by molar-refractivity contribution is 0.354. The quantitative estimate of drug-likeness (QED) is 0.815. The fraction of sp³-hybridized carbons (Fsp3) is 0.500. The highest BCUT2D eigenvalue weighted by molar-refractivity contribution is 5.56. The molecule has 0 unspecified atom stereocenters. The summed E-state index contributed by atoms with van der Waals surface area (Å²) in [5.41, 5.74) is 9.18. The van der Waals surface area contributed by atoms with Crippen molar-refractivity contribution < 1.29 is 9.47 Å². The highest BCUT2D eigenvalue weighted by Crippen LogP contribution is 2.39. The number of rotatable bonds is 3. The molecule has 1 aliphatic heterocycles. The van der Waals surface area contributed by atoms with E-state index in [1.807, 2.05) is 0 Å². The lowest BCUT2D eigenvalue weighted by Gasteiger charge is -2.13. The Kier molecular flexibility index (Phi) is 2.82. The van der Waals surface area contributed by atoms with Crippen LogP contribution in [0.3, 0.4) is 0 Å². The van der Waals surface area contributed by atoms with Crippen LogP contribution < -0.4 is 15.2 Å². The third-order valence-electron chi connectivity index (χ3n) is 2.80. The highest BCUT2D eigenvalue weighted by Gasteiger charge is 2.22. The van der Waals surface area contributed by atoms with E-state index in [1.54, 1.807) is 7.11 Å². The second-order valence-corrected chi connectivity index (χ2v) is 3.83. The fourth-order valence-electron chi connectivity index (χ4n) is 2.21. The van der Waals surface area contributed by atoms with Gasteiger partial charge in [-0.2, -0.15) is 0 Å². The molecule has 3 heteroatoms. The number of benzene rings is 1. The zero-order chi connectivity index (χ0) is 10.8. The third-order valence-corrected chi connectivity index (χ3v) is 2.80. The predicted octanol–water partition coefficient (Wildman–Crippen LogP) is 1.44. The zero-order valence-corrected chi connectivity index (χ0v) is 9.30. The molecule has 1 aromatic rings. The summed E-state index contributed by atoms with van der Waals surface area (Å²) in [5.74, 6) is 1.98. The van der Waals surface area contributed by atoms with Crippen molar-refractivity contribution in [3.63, 3.8) is 0 Å². The minimum absolute atomic E-state index is 0.648. The minimum Gasteiger partial charge on any atom is -0.496 e. The van der Waals surface area contributed by atoms with Gasteiger partial charge in [0.25, 0.3) is 0 Å². The maximum Gasteiger partial charge on any atom is 0.129 e. The SMILES string of the molecule is COc1c(CCN)cc(C)c2c1CCO2. The van der Waals surface area contributed by atoms with Crippen molar-refractivity contribution >= 4 is 0 Å². The average molecular weight is 207 g/mol. The van der Waals surface area contributed by atoms with Crippen molar-refractivity contribution in [1.29, 1.82) is 0 Å². The van der Waals surface area contributed by atoms with E-state index in [4.69, 9.17) is 15.2 Å². The number of hydrogen-bond acceptors (Lipinski definition) is 3. The Hall–Kier alpha value is -1.22. The van der Waals surface area contributed by atoms with Gasteiger partial charge in [-0.25, -0.2) is 0 Å². The number of fused-ring (bicyclic) bond motifs is 1. The van der Waals surface area contributed by atoms with Gasteiger partial charge in [-0.15, -0.1) is 0 Å². The van der Waals surface area contributed by atoms with Crippen molar-refractivity contribution in [3.8, 4) is 11.5 Å². The first kappa shape index (κ1) is 10.3. The summed E-state index contributed by atoms with van der Waals surface area (Å²) < 4.78 is 11.1. The molecule has 2 rings (SSSR count). The first-order chi connectivity index (χ1) is 7.27. The van der Waals surface area contributed by atoms with E-state index in [2.05, 4.69) is 13.0 Å². The molecule has 0 aromatic heterocycles. The van der Waals surface area contributed by atoms with Gasteiger partial charge in [-0.3, -0.25) is 0 Å². The molecule has 0 fully saturated rings. The van der Waals surface area contributed by atoms with Gasteiger partial charge >= 0.3 is 0 Å². The Balaban J connectivity index is 2.52. The summed E-state index contributed by atoms with van der Waals surface area (Å²) in [6, 6.07) is 2.12. The second kappa shape index (κ2) is 4.11. The van der Waals surface area contributed by atoms with Gasteiger partial charge < -0.3 is 15.2 Å². The topological polar surface area (TPSA) is 44.5 Å². The fourth-order valence-corrected chi connectivity index (χ4v) is 2.21. The number of ether oxygens (including phenoxy) is 2. The zero-order valence-electron chi connectivity index (χ0n) is 9.30. The summed E-state index contributed by atoms with van der Waals surface area (Å²) in [6.45, 7) is 3.48. The molecule has 1 aromatic carbocycles. The smallest absolute Gasteiger partial charge is 0.129 e. The summed E-state index contributed by atoms with van der Waals surface area (Å²) in [7, 11) is 1.71. The molecule has 3 nitrogen and oxygen atoms in total. The van der Waals surface area contributed by atoms with E-state index in [-0.39, 0.29) is 0 Å². The summed E-state index contributed by atoms with van der Waals surface area (Å²) >= 11 is 0. The molecule has 0 saturated carbocycles. The van der Waals surface area contributed by atoms with E-state index in [9.17, 15) is 0 Å². The Morgan fingerprint density at radius 2 is 2.33 bits per heavy atom. The van der Waals surface area contributed by atoms with Crippen LogP contribution in [0.1, 0.15) is 16.7 Å². The molecular weight excluding hydrogens is 190 g/mol. The molecule has 15 heavy (non-hydrogen) atoms. The van der Waals surface area contributed by atoms with E-state index in [0.717, 1.165) is 30.9 Å². The first-order valence-electron chi connectivity index (χ1n) is 5.30. The maximum absolute atomic E-state index is 5.59. The second-order valence-electron chi connectivity index (χ2n) is 3.83. The van der Waals surface area contributed by atoms with Crippen molar-refractivity contribution in [1.82, 2.24) is 0 Å². The Bertz CT molecular complexity index is 374. The number of hydrogen-bond donors (Lipinski definition) is 1. The summed E-state index contributed by atoms with van der Waals surface area (Å²) in [4.78, 5) is 0. The van der Waals surface area contributed by atoms with Gasteiger partial charge in [-0.1, -0.05) is 0 Å². The third kappa shape index (κ3) is 1.67. The van der Waals surface area contributed by atoms with Gasteiger partial charge in [0, 0.05) is 12.0 Å². The van der Waals surface area contributed by atoms with E-state index < -0.39 is 0 Å². The molecule has 0 atom stereocenters. The van der Waals surface area contributed by atoms with Crippen LogP contribution in [0.4, 0.5) is 0 Å². The van der Waals surface area contributed by atoms with Crippen LogP contribution in [-0.4, -0.2) is 20.3 Å². The number of aryl methyl sites for hydroxylation is 1. The van der Waals surface area contributed by atoms with Crippen molar-refractivity contribution in [2.24, 2.45) is 5.73 Å². The molecule has 1 aliphatic rings. The van der Waals surface area contributed by atoms with Crippen LogP contribution >= 0.6 is 0 Å². The lowest BCUT2D eigenvalue weighted by atomic mass is 10.0. The van der Waals surface area contributed by atoms with Gasteiger partial charge in [0.15, 0.2) is 0 Å². The Labute approximate surface area is 90.2 Å². The van der Waals surface area contributed by atoms with Gasteiger partial charge in [0.2, 0.25) is 0 Å². The first-order valence-corrected chi connectivity index (χ1v) is 5.30. The van der Waals surface area contributed by atoms with Crippen LogP contribution in [-0.2, 0) is 12.8 Å². The van der Waals surface area contributed by atoms with E-state index in [0.29, 0.717) is 6.54 Å². The van der Waals surface area contributed by atoms with Crippen LogP contribution in [0.25, 0.3) is 0 Å². The van der Waals surface area contributed by atoms with Gasteiger partial charge in [0.1, 0.15) is 11.5 Å². The predicted molar refractivity (Wildman–Crippen MR) is 59.7 cm³/mol. The summed E-state index contributed by atoms with van der Waals surface area (Å²) in [5, 5.41) is 0. The van der Waals surface area contributed by atoms with Crippen molar-refractivity contribution in [3.05, 3.63) is 22.8 Å². The molecule has 1 heterocycles. The minimum atomic E-state index is 0.648. The molecule has 2 N–H and O–H groups in total. The molecule has 0 amide bonds. The summed E-state index contributed by atoms with van der Waals surface area (Å²) in [6.07, 6.45) is 1.80. The largest absolute Gasteiger partial charge is 0.496 e. The van der Waals surface area contributed by atoms with Crippen molar-refractivity contribution in [2.45, 2.75) is 19.8 Å². The standard InChI is InChI=1S/C12H17NO2/c1-8-7-9(3-5-13)12(14-2)10-4-6-15-11(8)10/h7H,3-6,13H2,1-2H3. The molecule has 0 bridgehead atoms.